The summed E-state index contributed by atoms with van der Waals surface area (Å²) in [6.07, 6.45) is 8.93. The zero-order chi connectivity index (χ0) is 26.6. The number of rotatable bonds is 9. The number of hydrogen-bond donors (Lipinski definition) is 3. The monoisotopic (exact) mass is 507 g/mol. The summed E-state index contributed by atoms with van der Waals surface area (Å²) in [5.41, 5.74) is 8.56. The van der Waals surface area contributed by atoms with Gasteiger partial charge in [0.2, 0.25) is 0 Å². The van der Waals surface area contributed by atoms with Crippen molar-refractivity contribution in [3.8, 4) is 22.6 Å². The van der Waals surface area contributed by atoms with Gasteiger partial charge in [0.15, 0.2) is 0 Å². The lowest BCUT2D eigenvalue weighted by Gasteiger charge is -2.14. The molecule has 0 spiro atoms. The van der Waals surface area contributed by atoms with Gasteiger partial charge in [-0.05, 0) is 74.6 Å². The van der Waals surface area contributed by atoms with Gasteiger partial charge in [-0.2, -0.15) is 5.10 Å². The topological polar surface area (TPSA) is 85.5 Å². The van der Waals surface area contributed by atoms with Gasteiger partial charge in [-0.1, -0.05) is 18.7 Å². The van der Waals surface area contributed by atoms with Gasteiger partial charge in [0.05, 0.1) is 23.1 Å². The number of H-pyrrole nitrogens is 2. The highest BCUT2D eigenvalue weighted by Gasteiger charge is 2.17. The molecule has 0 aliphatic rings. The maximum atomic E-state index is 14.7. The van der Waals surface area contributed by atoms with E-state index in [-0.39, 0.29) is 5.82 Å². The number of hydrogen-bond acceptors (Lipinski definition) is 5. The summed E-state index contributed by atoms with van der Waals surface area (Å²) >= 11 is 0. The fraction of sp³-hybridized carbons (Fsp3) is 0.167. The Labute approximate surface area is 221 Å². The van der Waals surface area contributed by atoms with Gasteiger partial charge in [0.25, 0.3) is 0 Å². The third kappa shape index (κ3) is 5.26. The van der Waals surface area contributed by atoms with Crippen molar-refractivity contribution in [2.75, 3.05) is 32.5 Å². The maximum absolute atomic E-state index is 14.7. The molecule has 0 radical (unpaired) electrons. The minimum Gasteiger partial charge on any atom is -0.384 e. The van der Waals surface area contributed by atoms with E-state index >= 15 is 0 Å². The van der Waals surface area contributed by atoms with Crippen molar-refractivity contribution in [2.24, 2.45) is 0 Å². The van der Waals surface area contributed by atoms with Crippen molar-refractivity contribution in [2.45, 2.75) is 6.92 Å². The molecule has 0 aliphatic carbocycles. The number of benzene rings is 1. The van der Waals surface area contributed by atoms with E-state index in [4.69, 9.17) is 0 Å². The first kappa shape index (κ1) is 25.1. The minimum absolute atomic E-state index is 0.298. The molecule has 0 fully saturated rings. The molecule has 0 bridgehead atoms. The van der Waals surface area contributed by atoms with E-state index in [2.05, 4.69) is 48.0 Å². The van der Waals surface area contributed by atoms with Crippen molar-refractivity contribution in [3.63, 3.8) is 0 Å². The molecule has 0 unspecified atom stereocenters. The molecule has 7 nitrogen and oxygen atoms in total. The van der Waals surface area contributed by atoms with Crippen molar-refractivity contribution in [3.05, 3.63) is 102 Å². The molecule has 4 aromatic heterocycles. The predicted molar refractivity (Wildman–Crippen MR) is 152 cm³/mol. The van der Waals surface area contributed by atoms with Gasteiger partial charge in [-0.3, -0.25) is 15.1 Å². The summed E-state index contributed by atoms with van der Waals surface area (Å²) in [6.45, 7) is 7.46. The number of halogens is 1. The number of aromatic amines is 2. The van der Waals surface area contributed by atoms with Crippen molar-refractivity contribution in [1.82, 2.24) is 30.0 Å². The Balaban J connectivity index is 1.53. The van der Waals surface area contributed by atoms with Crippen LogP contribution in [0.5, 0.6) is 0 Å². The van der Waals surface area contributed by atoms with Gasteiger partial charge in [0.1, 0.15) is 11.5 Å². The minimum atomic E-state index is -0.298. The fourth-order valence-corrected chi connectivity index (χ4v) is 4.50. The summed E-state index contributed by atoms with van der Waals surface area (Å²) in [6, 6.07) is 13.0. The van der Waals surface area contributed by atoms with Crippen LogP contribution in [0.2, 0.25) is 0 Å². The number of nitrogens with one attached hydrogen (secondary N) is 3. The van der Waals surface area contributed by atoms with E-state index in [0.717, 1.165) is 68.2 Å². The lowest BCUT2D eigenvalue weighted by atomic mass is 9.96. The summed E-state index contributed by atoms with van der Waals surface area (Å²) in [5, 5.41) is 11.9. The van der Waals surface area contributed by atoms with Crippen molar-refractivity contribution >= 4 is 22.2 Å². The van der Waals surface area contributed by atoms with E-state index in [9.17, 15) is 4.39 Å². The van der Waals surface area contributed by atoms with E-state index in [0.29, 0.717) is 6.54 Å². The van der Waals surface area contributed by atoms with Crippen LogP contribution in [0.25, 0.3) is 39.1 Å². The smallest absolute Gasteiger partial charge is 0.125 e. The number of likely N-dealkylation sites (N-methyl/N-ethyl adjacent to an activating group) is 1. The normalized spacial score (nSPS) is 11.9. The van der Waals surface area contributed by atoms with Crippen molar-refractivity contribution < 1.29 is 4.39 Å². The molecule has 5 aromatic rings. The first-order valence-corrected chi connectivity index (χ1v) is 12.4. The number of fused-ring (bicyclic) bond motifs is 1. The molecule has 0 atom stereocenters. The summed E-state index contributed by atoms with van der Waals surface area (Å²) in [5.74, 6) is -0.298. The average molecular weight is 508 g/mol. The number of aryl methyl sites for hydroxylation is 1. The Kier molecular flexibility index (Phi) is 7.15. The molecular formula is C30H30FN7. The third-order valence-corrected chi connectivity index (χ3v) is 6.36. The Hall–Kier alpha value is -4.56. The number of allylic oxidation sites excluding steroid dienone is 2. The fourth-order valence-electron chi connectivity index (χ4n) is 4.50. The van der Waals surface area contributed by atoms with Crippen LogP contribution in [0.4, 0.5) is 10.1 Å². The lowest BCUT2D eigenvalue weighted by Crippen LogP contribution is -2.20. The van der Waals surface area contributed by atoms with Crippen LogP contribution in [-0.4, -0.2) is 57.2 Å². The second-order valence-electron chi connectivity index (χ2n) is 9.42. The van der Waals surface area contributed by atoms with Crippen LogP contribution in [0.1, 0.15) is 16.8 Å². The Morgan fingerprint density at radius 2 is 1.95 bits per heavy atom. The molecule has 0 saturated heterocycles. The molecule has 192 valence electrons. The largest absolute Gasteiger partial charge is 0.384 e. The molecule has 0 saturated carbocycles. The second kappa shape index (κ2) is 10.8. The van der Waals surface area contributed by atoms with Crippen LogP contribution in [-0.2, 0) is 0 Å². The van der Waals surface area contributed by atoms with Crippen LogP contribution < -0.4 is 5.32 Å². The van der Waals surface area contributed by atoms with E-state index in [1.54, 1.807) is 30.7 Å². The molecule has 0 aliphatic heterocycles. The number of aromatic nitrogens is 5. The Bertz CT molecular complexity index is 1610. The van der Waals surface area contributed by atoms with Crippen LogP contribution in [0.3, 0.4) is 0 Å². The van der Waals surface area contributed by atoms with E-state index in [1.165, 1.54) is 6.07 Å². The molecule has 5 rings (SSSR count). The number of pyridine rings is 2. The first-order valence-electron chi connectivity index (χ1n) is 12.4. The van der Waals surface area contributed by atoms with Gasteiger partial charge in [-0.15, -0.1) is 0 Å². The Morgan fingerprint density at radius 1 is 1.13 bits per heavy atom. The van der Waals surface area contributed by atoms with Gasteiger partial charge < -0.3 is 15.2 Å². The molecular weight excluding hydrogens is 477 g/mol. The highest BCUT2D eigenvalue weighted by Crippen LogP contribution is 2.34. The van der Waals surface area contributed by atoms with Crippen LogP contribution in [0.15, 0.2) is 79.8 Å². The summed E-state index contributed by atoms with van der Waals surface area (Å²) in [4.78, 5) is 14.2. The van der Waals surface area contributed by atoms with E-state index < -0.39 is 0 Å². The third-order valence-electron chi connectivity index (χ3n) is 6.36. The highest BCUT2D eigenvalue weighted by molar-refractivity contribution is 5.95. The molecule has 4 heterocycles. The first-order chi connectivity index (χ1) is 18.4. The molecule has 8 heteroatoms. The molecule has 38 heavy (non-hydrogen) atoms. The Morgan fingerprint density at radius 3 is 2.71 bits per heavy atom. The zero-order valence-electron chi connectivity index (χ0n) is 21.7. The standard InChI is InChI=1S/C30H30FN7/c1-5-6-24(21-13-22(31)15-23(14-21)33-11-12-38(3)4)25-16-28(35-19(25)2)30-26-17-27(20-7-9-32-10-8-20)34-18-29(26)36-37-30/h5-10,13-18,33,35H,1,11-12H2,2-4H3,(H,36,37)/b24-6-. The molecule has 3 N–H and O–H groups in total. The predicted octanol–water partition coefficient (Wildman–Crippen LogP) is 6.05. The SMILES string of the molecule is C=C/C=C(/c1cc(F)cc(NCCN(C)C)c1)c1cc(-c2n[nH]c3cnc(-c4ccncc4)cc23)[nH]c1C. The summed E-state index contributed by atoms with van der Waals surface area (Å²) < 4.78 is 14.7. The number of anilines is 1. The zero-order valence-corrected chi connectivity index (χ0v) is 21.7. The van der Waals surface area contributed by atoms with Gasteiger partial charge in [-0.25, -0.2) is 4.39 Å². The average Bonchev–Trinajstić information content (AvgIpc) is 3.50. The quantitative estimate of drug-likeness (QED) is 0.211. The lowest BCUT2D eigenvalue weighted by molar-refractivity contribution is 0.425. The maximum Gasteiger partial charge on any atom is 0.125 e. The summed E-state index contributed by atoms with van der Waals surface area (Å²) in [7, 11) is 4.02. The van der Waals surface area contributed by atoms with E-state index in [1.807, 2.05) is 51.4 Å². The van der Waals surface area contributed by atoms with Crippen LogP contribution in [0, 0.1) is 12.7 Å². The molecule has 0 amide bonds. The molecule has 1 aromatic carbocycles. The van der Waals surface area contributed by atoms with Gasteiger partial charge in [0, 0.05) is 53.4 Å². The number of nitrogens with zero attached hydrogens (tertiary/aromatic N) is 4. The van der Waals surface area contributed by atoms with Crippen LogP contribution >= 0.6 is 0 Å². The van der Waals surface area contributed by atoms with Gasteiger partial charge >= 0.3 is 0 Å². The second-order valence-corrected chi connectivity index (χ2v) is 9.42. The highest BCUT2D eigenvalue weighted by atomic mass is 19.1. The van der Waals surface area contributed by atoms with Crippen molar-refractivity contribution in [1.29, 1.82) is 0 Å².